The molecule has 0 aliphatic heterocycles. The lowest BCUT2D eigenvalue weighted by molar-refractivity contribution is 0.573. The number of imidazole rings is 1. The maximum atomic E-state index is 4.30. The van der Waals surface area contributed by atoms with E-state index in [1.54, 1.807) is 6.33 Å². The van der Waals surface area contributed by atoms with E-state index in [2.05, 4.69) is 36.8 Å². The molecule has 2 rings (SSSR count). The van der Waals surface area contributed by atoms with Crippen LogP contribution < -0.4 is 0 Å². The predicted octanol–water partition coefficient (Wildman–Crippen LogP) is 2.64. The van der Waals surface area contributed by atoms with Crippen molar-refractivity contribution < 1.29 is 0 Å². The van der Waals surface area contributed by atoms with E-state index in [0.29, 0.717) is 11.8 Å². The first-order valence-corrected chi connectivity index (χ1v) is 4.92. The van der Waals surface area contributed by atoms with Gasteiger partial charge in [0, 0.05) is 0 Å². The van der Waals surface area contributed by atoms with Crippen LogP contribution in [0.1, 0.15) is 32.2 Å². The zero-order valence-corrected chi connectivity index (χ0v) is 8.46. The van der Waals surface area contributed by atoms with E-state index in [0.717, 1.165) is 6.42 Å². The summed E-state index contributed by atoms with van der Waals surface area (Å²) >= 11 is 0. The minimum Gasteiger partial charge on any atom is -0.345 e. The molecule has 0 aromatic carbocycles. The minimum atomic E-state index is 0.645. The highest BCUT2D eigenvalue weighted by molar-refractivity contribution is 5.55. The first-order valence-electron chi connectivity index (χ1n) is 4.92. The molecule has 0 saturated heterocycles. The molecule has 0 spiro atoms. The first-order chi connectivity index (χ1) is 6.18. The smallest absolute Gasteiger partial charge is 0.0927 e. The summed E-state index contributed by atoms with van der Waals surface area (Å²) in [5.74, 6) is 1.29. The molecule has 0 saturated carbocycles. The SMILES string of the molecule is CC(C)C1=Cc2[nH]cnc2CC1C. The van der Waals surface area contributed by atoms with E-state index < -0.39 is 0 Å². The number of hydrogen-bond donors (Lipinski definition) is 1. The average Bonchev–Trinajstić information content (AvgIpc) is 2.48. The molecular formula is C11H16N2. The fraction of sp³-hybridized carbons (Fsp3) is 0.545. The number of nitrogens with one attached hydrogen (secondary N) is 1. The molecule has 0 radical (unpaired) electrons. The molecule has 1 aliphatic carbocycles. The van der Waals surface area contributed by atoms with Gasteiger partial charge in [0.2, 0.25) is 0 Å². The minimum absolute atomic E-state index is 0.645. The van der Waals surface area contributed by atoms with Crippen molar-refractivity contribution in [2.45, 2.75) is 27.2 Å². The number of aromatic nitrogens is 2. The Labute approximate surface area is 79.1 Å². The molecule has 2 nitrogen and oxygen atoms in total. The molecule has 1 N–H and O–H groups in total. The fourth-order valence-corrected chi connectivity index (χ4v) is 2.07. The molecule has 13 heavy (non-hydrogen) atoms. The maximum absolute atomic E-state index is 4.30. The van der Waals surface area contributed by atoms with Crippen molar-refractivity contribution in [1.82, 2.24) is 9.97 Å². The lowest BCUT2D eigenvalue weighted by Gasteiger charge is -2.22. The Hall–Kier alpha value is -1.05. The Morgan fingerprint density at radius 1 is 1.54 bits per heavy atom. The predicted molar refractivity (Wildman–Crippen MR) is 54.3 cm³/mol. The molecule has 1 aromatic heterocycles. The fourth-order valence-electron chi connectivity index (χ4n) is 2.07. The van der Waals surface area contributed by atoms with Crippen LogP contribution >= 0.6 is 0 Å². The lowest BCUT2D eigenvalue weighted by Crippen LogP contribution is -2.13. The van der Waals surface area contributed by atoms with Crippen LogP contribution in [-0.4, -0.2) is 9.97 Å². The quantitative estimate of drug-likeness (QED) is 0.700. The Bertz CT molecular complexity index is 334. The molecule has 70 valence electrons. The summed E-state index contributed by atoms with van der Waals surface area (Å²) in [5, 5.41) is 0. The largest absolute Gasteiger partial charge is 0.345 e. The van der Waals surface area contributed by atoms with Crippen LogP contribution in [0, 0.1) is 11.8 Å². The summed E-state index contributed by atoms with van der Waals surface area (Å²) < 4.78 is 0. The third-order valence-electron chi connectivity index (χ3n) is 2.80. The molecular weight excluding hydrogens is 160 g/mol. The van der Waals surface area contributed by atoms with E-state index in [1.807, 2.05) is 0 Å². The topological polar surface area (TPSA) is 28.7 Å². The molecule has 0 bridgehead atoms. The number of aromatic amines is 1. The third kappa shape index (κ3) is 1.41. The van der Waals surface area contributed by atoms with Gasteiger partial charge in [-0.2, -0.15) is 0 Å². The second-order valence-corrected chi connectivity index (χ2v) is 4.17. The number of fused-ring (bicyclic) bond motifs is 1. The highest BCUT2D eigenvalue weighted by Gasteiger charge is 2.20. The van der Waals surface area contributed by atoms with Crippen molar-refractivity contribution in [3.8, 4) is 0 Å². The summed E-state index contributed by atoms with van der Waals surface area (Å²) in [6.45, 7) is 6.79. The molecule has 1 aliphatic rings. The standard InChI is InChI=1S/C11H16N2/c1-7(2)9-5-11-10(4-8(9)3)12-6-13-11/h5-8H,4H2,1-3H3,(H,12,13). The van der Waals surface area contributed by atoms with Gasteiger partial charge in [0.25, 0.3) is 0 Å². The van der Waals surface area contributed by atoms with Gasteiger partial charge in [-0.25, -0.2) is 4.98 Å². The van der Waals surface area contributed by atoms with Crippen LogP contribution in [0.2, 0.25) is 0 Å². The van der Waals surface area contributed by atoms with Gasteiger partial charge in [0.15, 0.2) is 0 Å². The van der Waals surface area contributed by atoms with E-state index in [-0.39, 0.29) is 0 Å². The van der Waals surface area contributed by atoms with Crippen LogP contribution in [0.15, 0.2) is 11.9 Å². The van der Waals surface area contributed by atoms with Gasteiger partial charge in [-0.3, -0.25) is 0 Å². The molecule has 0 fully saturated rings. The van der Waals surface area contributed by atoms with Crippen molar-refractivity contribution in [3.05, 3.63) is 23.3 Å². The molecule has 1 unspecified atom stereocenters. The van der Waals surface area contributed by atoms with Crippen LogP contribution in [-0.2, 0) is 6.42 Å². The normalized spacial score (nSPS) is 21.5. The summed E-state index contributed by atoms with van der Waals surface area (Å²) in [6, 6.07) is 0. The van der Waals surface area contributed by atoms with Gasteiger partial charge in [-0.1, -0.05) is 26.3 Å². The summed E-state index contributed by atoms with van der Waals surface area (Å²) in [4.78, 5) is 7.48. The number of allylic oxidation sites excluding steroid dienone is 1. The van der Waals surface area contributed by atoms with Crippen molar-refractivity contribution in [3.63, 3.8) is 0 Å². The molecule has 2 heteroatoms. The molecule has 1 heterocycles. The first kappa shape index (κ1) is 8.54. The van der Waals surface area contributed by atoms with Crippen LogP contribution in [0.5, 0.6) is 0 Å². The average molecular weight is 176 g/mol. The van der Waals surface area contributed by atoms with E-state index in [1.165, 1.54) is 17.0 Å². The Morgan fingerprint density at radius 3 is 3.00 bits per heavy atom. The number of rotatable bonds is 1. The monoisotopic (exact) mass is 176 g/mol. The second-order valence-electron chi connectivity index (χ2n) is 4.17. The van der Waals surface area contributed by atoms with Crippen molar-refractivity contribution in [1.29, 1.82) is 0 Å². The maximum Gasteiger partial charge on any atom is 0.0927 e. The Kier molecular flexibility index (Phi) is 1.98. The lowest BCUT2D eigenvalue weighted by atomic mass is 9.83. The van der Waals surface area contributed by atoms with Gasteiger partial charge >= 0.3 is 0 Å². The summed E-state index contributed by atoms with van der Waals surface area (Å²) in [7, 11) is 0. The van der Waals surface area contributed by atoms with Gasteiger partial charge in [-0.05, 0) is 24.3 Å². The van der Waals surface area contributed by atoms with Crippen molar-refractivity contribution >= 4 is 6.08 Å². The van der Waals surface area contributed by atoms with E-state index >= 15 is 0 Å². The second kappa shape index (κ2) is 3.02. The Morgan fingerprint density at radius 2 is 2.31 bits per heavy atom. The highest BCUT2D eigenvalue weighted by atomic mass is 14.9. The summed E-state index contributed by atoms with van der Waals surface area (Å²) in [6.07, 6.45) is 5.14. The van der Waals surface area contributed by atoms with Crippen LogP contribution in [0.4, 0.5) is 0 Å². The van der Waals surface area contributed by atoms with E-state index in [9.17, 15) is 0 Å². The van der Waals surface area contributed by atoms with Gasteiger partial charge in [-0.15, -0.1) is 0 Å². The Balaban J connectivity index is 2.40. The molecule has 1 atom stereocenters. The van der Waals surface area contributed by atoms with Crippen molar-refractivity contribution in [2.75, 3.05) is 0 Å². The van der Waals surface area contributed by atoms with Gasteiger partial charge < -0.3 is 4.98 Å². The van der Waals surface area contributed by atoms with Crippen LogP contribution in [0.25, 0.3) is 6.08 Å². The van der Waals surface area contributed by atoms with Crippen molar-refractivity contribution in [2.24, 2.45) is 11.8 Å². The zero-order valence-electron chi connectivity index (χ0n) is 8.46. The van der Waals surface area contributed by atoms with E-state index in [4.69, 9.17) is 0 Å². The molecule has 1 aromatic rings. The summed E-state index contributed by atoms with van der Waals surface area (Å²) in [5.41, 5.74) is 3.97. The molecule has 0 amide bonds. The number of nitrogens with zero attached hydrogens (tertiary/aromatic N) is 1. The van der Waals surface area contributed by atoms with Gasteiger partial charge in [0.05, 0.1) is 17.7 Å². The third-order valence-corrected chi connectivity index (χ3v) is 2.80. The van der Waals surface area contributed by atoms with Gasteiger partial charge in [0.1, 0.15) is 0 Å². The highest BCUT2D eigenvalue weighted by Crippen LogP contribution is 2.30. The number of hydrogen-bond acceptors (Lipinski definition) is 1. The number of H-pyrrole nitrogens is 1. The van der Waals surface area contributed by atoms with Crippen LogP contribution in [0.3, 0.4) is 0 Å². The zero-order chi connectivity index (χ0) is 9.42.